The Morgan fingerprint density at radius 3 is 2.29 bits per heavy atom. The molecule has 1 amide bonds. The summed E-state index contributed by atoms with van der Waals surface area (Å²) in [4.78, 5) is 43.3. The minimum atomic E-state index is -0.759. The molecule has 0 aliphatic carbocycles. The third-order valence-corrected chi connectivity index (χ3v) is 5.73. The summed E-state index contributed by atoms with van der Waals surface area (Å²) >= 11 is 23.9. The van der Waals surface area contributed by atoms with E-state index in [9.17, 15) is 19.7 Å². The molecule has 1 heterocycles. The van der Waals surface area contributed by atoms with Crippen LogP contribution in [0.3, 0.4) is 0 Å². The van der Waals surface area contributed by atoms with Crippen molar-refractivity contribution in [2.75, 3.05) is 10.6 Å². The molecule has 4 aromatic rings. The Morgan fingerprint density at radius 2 is 1.65 bits per heavy atom. The predicted molar refractivity (Wildman–Crippen MR) is 133 cm³/mol. The Bertz CT molecular complexity index is 1520. The van der Waals surface area contributed by atoms with Gasteiger partial charge in [-0.3, -0.25) is 24.7 Å². The highest BCUT2D eigenvalue weighted by molar-refractivity contribution is 6.42. The summed E-state index contributed by atoms with van der Waals surface area (Å²) in [6.07, 6.45) is 0. The lowest BCUT2D eigenvalue weighted by molar-refractivity contribution is -0.384. The van der Waals surface area contributed by atoms with Gasteiger partial charge in [0, 0.05) is 33.6 Å². The number of anilines is 3. The van der Waals surface area contributed by atoms with Gasteiger partial charge in [0.25, 0.3) is 17.2 Å². The standard InChI is InChI=1S/C21H11Cl4N5O4/c22-9-3-10(23)5-12(4-9)26-19(31)14-7-13(30(33)34)8-15-18(14)28-21(29-20(15)32)27-11-1-2-16(24)17(25)6-11/h1-8H,(H,26,31)(H2,27,28,29,32). The molecule has 0 fully saturated rings. The number of rotatable bonds is 5. The van der Waals surface area contributed by atoms with E-state index in [2.05, 4.69) is 20.6 Å². The maximum absolute atomic E-state index is 13.1. The minimum Gasteiger partial charge on any atom is -0.326 e. The van der Waals surface area contributed by atoms with Crippen molar-refractivity contribution in [2.45, 2.75) is 0 Å². The van der Waals surface area contributed by atoms with Crippen LogP contribution < -0.4 is 16.2 Å². The monoisotopic (exact) mass is 537 g/mol. The molecule has 4 rings (SSSR count). The number of H-pyrrole nitrogens is 1. The summed E-state index contributed by atoms with van der Waals surface area (Å²) in [5, 5.41) is 17.8. The van der Waals surface area contributed by atoms with Gasteiger partial charge >= 0.3 is 0 Å². The molecule has 34 heavy (non-hydrogen) atoms. The Kier molecular flexibility index (Phi) is 6.63. The number of hydrogen-bond donors (Lipinski definition) is 3. The molecule has 172 valence electrons. The number of hydrogen-bond acceptors (Lipinski definition) is 6. The van der Waals surface area contributed by atoms with Crippen molar-refractivity contribution in [1.29, 1.82) is 0 Å². The van der Waals surface area contributed by atoms with Gasteiger partial charge in [-0.2, -0.15) is 0 Å². The van der Waals surface area contributed by atoms with Gasteiger partial charge in [-0.15, -0.1) is 0 Å². The predicted octanol–water partition coefficient (Wildman–Crippen LogP) is 6.44. The Hall–Kier alpha value is -3.37. The van der Waals surface area contributed by atoms with Crippen molar-refractivity contribution < 1.29 is 9.72 Å². The molecule has 3 N–H and O–H groups in total. The van der Waals surface area contributed by atoms with Crippen LogP contribution in [-0.2, 0) is 0 Å². The number of nitro benzene ring substituents is 1. The fraction of sp³-hybridized carbons (Fsp3) is 0. The summed E-state index contributed by atoms with van der Waals surface area (Å²) in [6, 6.07) is 11.1. The van der Waals surface area contributed by atoms with Gasteiger partial charge in [-0.1, -0.05) is 46.4 Å². The van der Waals surface area contributed by atoms with Crippen molar-refractivity contribution in [3.8, 4) is 0 Å². The highest BCUT2D eigenvalue weighted by atomic mass is 35.5. The number of nitro groups is 1. The smallest absolute Gasteiger partial charge is 0.271 e. The third-order valence-electron chi connectivity index (χ3n) is 4.55. The van der Waals surface area contributed by atoms with Crippen LogP contribution in [0.15, 0.2) is 53.3 Å². The normalized spacial score (nSPS) is 10.8. The van der Waals surface area contributed by atoms with Gasteiger partial charge in [0.05, 0.1) is 31.4 Å². The molecular formula is C21H11Cl4N5O4. The number of carbonyl (C=O) groups excluding carboxylic acids is 1. The summed E-state index contributed by atoms with van der Waals surface area (Å²) in [5.74, 6) is -0.782. The van der Waals surface area contributed by atoms with Crippen LogP contribution in [0.4, 0.5) is 23.0 Å². The highest BCUT2D eigenvalue weighted by Gasteiger charge is 2.21. The third kappa shape index (κ3) is 5.07. The molecule has 0 aliphatic heterocycles. The first-order valence-corrected chi connectivity index (χ1v) is 10.8. The second-order valence-corrected chi connectivity index (χ2v) is 8.61. The van der Waals surface area contributed by atoms with Gasteiger partial charge in [0.2, 0.25) is 5.95 Å². The van der Waals surface area contributed by atoms with E-state index in [4.69, 9.17) is 46.4 Å². The quantitative estimate of drug-likeness (QED) is 0.198. The van der Waals surface area contributed by atoms with Crippen LogP contribution in [0.5, 0.6) is 0 Å². The van der Waals surface area contributed by atoms with Crippen molar-refractivity contribution in [3.05, 3.63) is 94.7 Å². The van der Waals surface area contributed by atoms with E-state index in [-0.39, 0.29) is 43.2 Å². The summed E-state index contributed by atoms with van der Waals surface area (Å²) in [7, 11) is 0. The molecule has 0 radical (unpaired) electrons. The van der Waals surface area contributed by atoms with Crippen LogP contribution in [0.2, 0.25) is 20.1 Å². The summed E-state index contributed by atoms with van der Waals surface area (Å²) < 4.78 is 0. The number of halogens is 4. The molecule has 0 spiro atoms. The molecule has 0 bridgehead atoms. The number of carbonyl (C=O) groups is 1. The van der Waals surface area contributed by atoms with E-state index in [1.807, 2.05) is 0 Å². The molecule has 1 aromatic heterocycles. The lowest BCUT2D eigenvalue weighted by Gasteiger charge is -2.11. The maximum Gasteiger partial charge on any atom is 0.271 e. The van der Waals surface area contributed by atoms with E-state index in [1.165, 1.54) is 24.3 Å². The fourth-order valence-electron chi connectivity index (χ4n) is 3.10. The molecule has 0 aliphatic rings. The minimum absolute atomic E-state index is 0.0235. The van der Waals surface area contributed by atoms with Gasteiger partial charge in [0.15, 0.2) is 0 Å². The summed E-state index contributed by atoms with van der Waals surface area (Å²) in [5.41, 5.74) is -0.721. The lowest BCUT2D eigenvalue weighted by Crippen LogP contribution is -2.17. The van der Waals surface area contributed by atoms with Crippen LogP contribution in [0.1, 0.15) is 10.4 Å². The Balaban J connectivity index is 1.82. The fourth-order valence-corrected chi connectivity index (χ4v) is 3.92. The first-order valence-electron chi connectivity index (χ1n) is 9.32. The number of fused-ring (bicyclic) bond motifs is 1. The number of non-ortho nitro benzene ring substituents is 1. The van der Waals surface area contributed by atoms with Crippen LogP contribution in [0, 0.1) is 10.1 Å². The zero-order valence-corrected chi connectivity index (χ0v) is 19.7. The average Bonchev–Trinajstić information content (AvgIpc) is 2.75. The molecule has 0 saturated carbocycles. The van der Waals surface area contributed by atoms with Crippen molar-refractivity contribution in [1.82, 2.24) is 9.97 Å². The second-order valence-electron chi connectivity index (χ2n) is 6.93. The van der Waals surface area contributed by atoms with E-state index >= 15 is 0 Å². The van der Waals surface area contributed by atoms with Crippen molar-refractivity contribution >= 4 is 86.2 Å². The van der Waals surface area contributed by atoms with Gasteiger partial charge in [-0.25, -0.2) is 4.98 Å². The second kappa shape index (κ2) is 9.47. The number of nitrogens with one attached hydrogen (secondary N) is 3. The van der Waals surface area contributed by atoms with E-state index < -0.39 is 22.1 Å². The van der Waals surface area contributed by atoms with Crippen LogP contribution in [-0.4, -0.2) is 20.8 Å². The van der Waals surface area contributed by atoms with Crippen molar-refractivity contribution in [2.24, 2.45) is 0 Å². The molecule has 0 atom stereocenters. The Labute approximate surface area is 210 Å². The van der Waals surface area contributed by atoms with E-state index in [0.29, 0.717) is 10.7 Å². The SMILES string of the molecule is O=C(Nc1cc(Cl)cc(Cl)c1)c1cc([N+](=O)[O-])cc2c(=O)[nH]c(Nc3ccc(Cl)c(Cl)c3)nc12. The molecule has 0 unspecified atom stereocenters. The summed E-state index contributed by atoms with van der Waals surface area (Å²) in [6.45, 7) is 0. The number of aromatic nitrogens is 2. The van der Waals surface area contributed by atoms with Gasteiger partial charge in [0.1, 0.15) is 0 Å². The van der Waals surface area contributed by atoms with Crippen LogP contribution in [0.25, 0.3) is 10.9 Å². The molecule has 3 aromatic carbocycles. The van der Waals surface area contributed by atoms with E-state index in [0.717, 1.165) is 12.1 Å². The van der Waals surface area contributed by atoms with E-state index in [1.54, 1.807) is 12.1 Å². The number of aromatic amines is 1. The number of nitrogens with zero attached hydrogens (tertiary/aromatic N) is 2. The largest absolute Gasteiger partial charge is 0.326 e. The first kappa shape index (κ1) is 23.8. The topological polar surface area (TPSA) is 130 Å². The first-order chi connectivity index (χ1) is 16.1. The number of amides is 1. The zero-order valence-electron chi connectivity index (χ0n) is 16.7. The molecule has 0 saturated heterocycles. The molecular weight excluding hydrogens is 528 g/mol. The molecule has 13 heteroatoms. The number of benzene rings is 3. The van der Waals surface area contributed by atoms with Gasteiger partial charge < -0.3 is 10.6 Å². The highest BCUT2D eigenvalue weighted by Crippen LogP contribution is 2.28. The van der Waals surface area contributed by atoms with Crippen molar-refractivity contribution in [3.63, 3.8) is 0 Å². The zero-order chi connectivity index (χ0) is 24.6. The average molecular weight is 539 g/mol. The maximum atomic E-state index is 13.1. The Morgan fingerprint density at radius 1 is 0.941 bits per heavy atom. The molecule has 9 nitrogen and oxygen atoms in total. The van der Waals surface area contributed by atoms with Gasteiger partial charge in [-0.05, 0) is 36.4 Å². The van der Waals surface area contributed by atoms with Crippen LogP contribution >= 0.6 is 46.4 Å². The lowest BCUT2D eigenvalue weighted by atomic mass is 10.1.